The summed E-state index contributed by atoms with van der Waals surface area (Å²) in [5, 5.41) is 9.73. The van der Waals surface area contributed by atoms with Gasteiger partial charge in [0, 0.05) is 78.6 Å². The van der Waals surface area contributed by atoms with Gasteiger partial charge in [-0.3, -0.25) is 0 Å². The van der Waals surface area contributed by atoms with Gasteiger partial charge in [0.1, 0.15) is 0 Å². The van der Waals surface area contributed by atoms with Gasteiger partial charge in [-0.1, -0.05) is 152 Å². The van der Waals surface area contributed by atoms with E-state index in [1.807, 2.05) is 83.3 Å². The second kappa shape index (κ2) is 15.9. The minimum Gasteiger partial charge on any atom is -0.319 e. The summed E-state index contributed by atoms with van der Waals surface area (Å²) in [4.78, 5) is 20.1. The average Bonchev–Trinajstić information content (AvgIpc) is 4.20. The first kappa shape index (κ1) is 40.6. The molecule has 0 saturated heterocycles. The predicted molar refractivity (Wildman–Crippen MR) is 302 cm³/mol. The maximum Gasteiger partial charge on any atom is 0.218 e. The summed E-state index contributed by atoms with van der Waals surface area (Å²) in [7, 11) is 0. The van der Waals surface area contributed by atoms with E-state index in [0.29, 0.717) is 23.2 Å². The van der Waals surface area contributed by atoms with Crippen molar-refractivity contribution >= 4 is 112 Å². The zero-order valence-corrected chi connectivity index (χ0v) is 39.9. The molecule has 15 rings (SSSR count). The van der Waals surface area contributed by atoms with Crippen LogP contribution in [0.3, 0.4) is 0 Å². The van der Waals surface area contributed by atoms with Gasteiger partial charge < -0.3 is 9.13 Å². The summed E-state index contributed by atoms with van der Waals surface area (Å²) in [5.74, 6) is 1.73. The number of rotatable bonds is 6. The Kier molecular flexibility index (Phi) is 8.96. The van der Waals surface area contributed by atoms with Gasteiger partial charge in [0.05, 0.1) is 40.0 Å². The molecule has 0 unspecified atom stereocenters. The molecule has 8 heteroatoms. The van der Waals surface area contributed by atoms with Gasteiger partial charge in [-0.2, -0.15) is 0 Å². The van der Waals surface area contributed by atoms with Crippen molar-refractivity contribution in [2.45, 2.75) is 0 Å². The van der Waals surface area contributed by atoms with E-state index in [9.17, 15) is 0 Å². The number of hydrogen-bond donors (Lipinski definition) is 0. The SMILES string of the molecule is [C-]#[N+]c1c(-c2ccc(-c3nc(-c4ccccc4)nc(-c4ccccc4)n3)c(-n3c4ccccc4c4c5c(ccc43)sc3ccccc35)c2)cccc1-n1c2ccccc2c2c3c(ccc21)sc1ccccc13. The van der Waals surface area contributed by atoms with Crippen LogP contribution in [0.15, 0.2) is 218 Å². The number of nitrogens with zero attached hydrogens (tertiary/aromatic N) is 6. The highest BCUT2D eigenvalue weighted by molar-refractivity contribution is 7.26. The normalized spacial score (nSPS) is 11.9. The Morgan fingerprint density at radius 1 is 0.333 bits per heavy atom. The Labute approximate surface area is 420 Å². The van der Waals surface area contributed by atoms with Gasteiger partial charge in [-0.15, -0.1) is 22.7 Å². The van der Waals surface area contributed by atoms with Gasteiger partial charge >= 0.3 is 0 Å². The second-order valence-corrected chi connectivity index (χ2v) is 20.3. The molecule has 0 aliphatic heterocycles. The van der Waals surface area contributed by atoms with Gasteiger partial charge in [0.15, 0.2) is 17.5 Å². The third kappa shape index (κ3) is 6.02. The summed E-state index contributed by atoms with van der Waals surface area (Å²) in [6.45, 7) is 9.01. The van der Waals surface area contributed by atoms with Crippen molar-refractivity contribution in [1.29, 1.82) is 0 Å². The van der Waals surface area contributed by atoms with Crippen LogP contribution in [0, 0.1) is 6.57 Å². The first-order valence-electron chi connectivity index (χ1n) is 23.9. The number of thiophene rings is 2. The summed E-state index contributed by atoms with van der Waals surface area (Å²) >= 11 is 3.66. The van der Waals surface area contributed by atoms with Crippen LogP contribution in [-0.4, -0.2) is 24.1 Å². The van der Waals surface area contributed by atoms with E-state index in [4.69, 9.17) is 21.5 Å². The molecule has 0 aliphatic rings. The lowest BCUT2D eigenvalue weighted by atomic mass is 9.99. The fourth-order valence-corrected chi connectivity index (χ4v) is 13.4. The molecule has 6 nitrogen and oxygen atoms in total. The van der Waals surface area contributed by atoms with Crippen LogP contribution in [0.5, 0.6) is 0 Å². The quantitative estimate of drug-likeness (QED) is 0.156. The van der Waals surface area contributed by atoms with E-state index in [1.54, 1.807) is 0 Å². The van der Waals surface area contributed by atoms with E-state index >= 15 is 0 Å². The summed E-state index contributed by atoms with van der Waals surface area (Å²) < 4.78 is 9.70. The third-order valence-electron chi connectivity index (χ3n) is 14.2. The van der Waals surface area contributed by atoms with E-state index in [1.165, 1.54) is 51.1 Å². The van der Waals surface area contributed by atoms with Crippen LogP contribution < -0.4 is 0 Å². The number of para-hydroxylation sites is 3. The lowest BCUT2D eigenvalue weighted by molar-refractivity contribution is 1.06. The Hall–Kier alpha value is -9.26. The van der Waals surface area contributed by atoms with Gasteiger partial charge in [-0.05, 0) is 77.9 Å². The average molecular weight is 953 g/mol. The minimum atomic E-state index is 0.550. The van der Waals surface area contributed by atoms with Gasteiger partial charge in [0.2, 0.25) is 5.69 Å². The van der Waals surface area contributed by atoms with E-state index < -0.39 is 0 Å². The zero-order chi connectivity index (χ0) is 47.4. The molecule has 5 aromatic heterocycles. The summed E-state index contributed by atoms with van der Waals surface area (Å²) in [6, 6.07) is 76.8. The first-order valence-corrected chi connectivity index (χ1v) is 25.5. The van der Waals surface area contributed by atoms with E-state index in [0.717, 1.165) is 72.0 Å². The topological polar surface area (TPSA) is 52.9 Å². The fourth-order valence-electron chi connectivity index (χ4n) is 11.1. The Morgan fingerprint density at radius 2 is 0.819 bits per heavy atom. The molecule has 0 saturated carbocycles. The number of benzene rings is 10. The Morgan fingerprint density at radius 3 is 1.38 bits per heavy atom. The summed E-state index contributed by atoms with van der Waals surface area (Å²) in [5.41, 5.74) is 10.9. The van der Waals surface area contributed by atoms with Crippen LogP contribution in [0.25, 0.3) is 145 Å². The standard InChI is InChI=1S/C64H36N6S2/c1-65-61-41(25-16-28-51(61)69-47-26-12-8-21-42(47)57-49(69)33-35-55-59(57)45-23-10-14-29-53(45)71-55)40-31-32-44(64-67-62(38-17-4-2-5-18-38)66-63(68-64)39-19-6-3-7-20-39)52(37-40)70-48-27-13-9-22-43(48)58-50(70)34-36-56-60(58)46-24-11-15-30-54(46)72-56/h2-37H. The molecule has 10 aromatic carbocycles. The van der Waals surface area contributed by atoms with E-state index in [-0.39, 0.29) is 0 Å². The Balaban J connectivity index is 1.02. The second-order valence-electron chi connectivity index (χ2n) is 18.1. The van der Waals surface area contributed by atoms with Gasteiger partial charge in [0.25, 0.3) is 0 Å². The highest BCUT2D eigenvalue weighted by Crippen LogP contribution is 2.48. The van der Waals surface area contributed by atoms with Crippen molar-refractivity contribution in [3.63, 3.8) is 0 Å². The molecule has 0 aliphatic carbocycles. The molecule has 72 heavy (non-hydrogen) atoms. The number of hydrogen-bond acceptors (Lipinski definition) is 5. The van der Waals surface area contributed by atoms with Crippen molar-refractivity contribution in [3.8, 4) is 56.7 Å². The maximum atomic E-state index is 9.01. The van der Waals surface area contributed by atoms with Crippen LogP contribution in [0.2, 0.25) is 0 Å². The minimum absolute atomic E-state index is 0.550. The van der Waals surface area contributed by atoms with Crippen molar-refractivity contribution < 1.29 is 0 Å². The molecular formula is C64H36N6S2. The fraction of sp³-hybridized carbons (Fsp3) is 0. The molecule has 15 aromatic rings. The summed E-state index contributed by atoms with van der Waals surface area (Å²) in [6.07, 6.45) is 0. The molecule has 0 fully saturated rings. The highest BCUT2D eigenvalue weighted by atomic mass is 32.1. The van der Waals surface area contributed by atoms with Crippen LogP contribution in [0.4, 0.5) is 5.69 Å². The number of fused-ring (bicyclic) bond motifs is 14. The van der Waals surface area contributed by atoms with Crippen molar-refractivity contribution in [2.24, 2.45) is 0 Å². The van der Waals surface area contributed by atoms with Gasteiger partial charge in [-0.25, -0.2) is 19.8 Å². The molecule has 0 N–H and O–H groups in total. The lowest BCUT2D eigenvalue weighted by Gasteiger charge is -2.18. The molecule has 0 amide bonds. The van der Waals surface area contributed by atoms with E-state index in [2.05, 4.69) is 172 Å². The number of aromatic nitrogens is 5. The Bertz CT molecular complexity index is 4710. The molecule has 0 atom stereocenters. The predicted octanol–water partition coefficient (Wildman–Crippen LogP) is 18.0. The van der Waals surface area contributed by atoms with Crippen molar-refractivity contribution in [2.75, 3.05) is 0 Å². The lowest BCUT2D eigenvalue weighted by Crippen LogP contribution is -2.04. The van der Waals surface area contributed by atoms with Crippen LogP contribution >= 0.6 is 22.7 Å². The maximum absolute atomic E-state index is 9.01. The van der Waals surface area contributed by atoms with Crippen LogP contribution in [0.1, 0.15) is 0 Å². The highest BCUT2D eigenvalue weighted by Gasteiger charge is 2.25. The third-order valence-corrected chi connectivity index (χ3v) is 16.5. The largest absolute Gasteiger partial charge is 0.319 e. The molecule has 0 radical (unpaired) electrons. The molecular weight excluding hydrogens is 917 g/mol. The molecule has 0 spiro atoms. The van der Waals surface area contributed by atoms with Crippen LogP contribution in [-0.2, 0) is 0 Å². The first-order chi connectivity index (χ1) is 35.7. The molecule has 334 valence electrons. The zero-order valence-electron chi connectivity index (χ0n) is 38.3. The molecule has 5 heterocycles. The monoisotopic (exact) mass is 952 g/mol. The van der Waals surface area contributed by atoms with Crippen molar-refractivity contribution in [1.82, 2.24) is 24.1 Å². The smallest absolute Gasteiger partial charge is 0.218 e. The van der Waals surface area contributed by atoms with Crippen molar-refractivity contribution in [3.05, 3.63) is 230 Å². The molecule has 0 bridgehead atoms.